The topological polar surface area (TPSA) is 117 Å². The van der Waals surface area contributed by atoms with Crippen molar-refractivity contribution in [3.63, 3.8) is 0 Å². The second-order valence-electron chi connectivity index (χ2n) is 11.5. The van der Waals surface area contributed by atoms with E-state index in [2.05, 4.69) is 25.2 Å². The third-order valence-electron chi connectivity index (χ3n) is 7.48. The van der Waals surface area contributed by atoms with E-state index in [0.29, 0.717) is 49.2 Å². The molecule has 0 aromatic carbocycles. The number of fused-ring (bicyclic) bond motifs is 2. The van der Waals surface area contributed by atoms with E-state index in [9.17, 15) is 9.59 Å². The molecular weight excluding hydrogens is 500 g/mol. The van der Waals surface area contributed by atoms with Crippen molar-refractivity contribution in [3.05, 3.63) is 35.9 Å². The molecule has 206 valence electrons. The van der Waals surface area contributed by atoms with E-state index in [1.54, 1.807) is 21.7 Å². The summed E-state index contributed by atoms with van der Waals surface area (Å²) < 4.78 is 12.9. The van der Waals surface area contributed by atoms with Crippen molar-refractivity contribution in [1.82, 2.24) is 24.3 Å². The number of imidazole rings is 1. The first-order valence-electron chi connectivity index (χ1n) is 13.3. The summed E-state index contributed by atoms with van der Waals surface area (Å²) in [4.78, 5) is 45.5. The van der Waals surface area contributed by atoms with Gasteiger partial charge in [0.05, 0.1) is 24.5 Å². The SMILES string of the molecule is COc1nc(NC(=O)N2CCc3c(N4CCN(C(=O)OC(C)(C)C)C5(CC5)C4)ccnc32)cn2cc(C)nc12. The molecule has 12 nitrogen and oxygen atoms in total. The summed E-state index contributed by atoms with van der Waals surface area (Å²) in [6.45, 7) is 10.1. The van der Waals surface area contributed by atoms with Gasteiger partial charge in [-0.1, -0.05) is 0 Å². The second kappa shape index (κ2) is 8.99. The molecule has 5 heterocycles. The van der Waals surface area contributed by atoms with Crippen molar-refractivity contribution in [3.8, 4) is 5.88 Å². The molecule has 3 aromatic rings. The van der Waals surface area contributed by atoms with Crippen LogP contribution in [0.2, 0.25) is 0 Å². The molecule has 6 rings (SSSR count). The first-order valence-corrected chi connectivity index (χ1v) is 13.3. The number of anilines is 3. The highest BCUT2D eigenvalue weighted by molar-refractivity contribution is 6.02. The number of piperazine rings is 1. The van der Waals surface area contributed by atoms with E-state index >= 15 is 0 Å². The molecule has 3 aliphatic rings. The van der Waals surface area contributed by atoms with Gasteiger partial charge < -0.3 is 14.4 Å². The van der Waals surface area contributed by atoms with Crippen molar-refractivity contribution >= 4 is 35.1 Å². The number of carbonyl (C=O) groups is 2. The van der Waals surface area contributed by atoms with E-state index in [0.717, 1.165) is 36.3 Å². The molecule has 0 bridgehead atoms. The zero-order chi connectivity index (χ0) is 27.5. The van der Waals surface area contributed by atoms with Gasteiger partial charge in [0.2, 0.25) is 5.65 Å². The lowest BCUT2D eigenvalue weighted by atomic mass is 10.1. The van der Waals surface area contributed by atoms with Crippen LogP contribution in [-0.4, -0.2) is 80.8 Å². The van der Waals surface area contributed by atoms with Crippen LogP contribution < -0.4 is 19.9 Å². The Hall–Kier alpha value is -4.09. The number of amides is 3. The molecule has 39 heavy (non-hydrogen) atoms. The maximum atomic E-state index is 13.3. The number of nitrogens with one attached hydrogen (secondary N) is 1. The Labute approximate surface area is 226 Å². The Kier molecular flexibility index (Phi) is 5.81. The van der Waals surface area contributed by atoms with E-state index in [4.69, 9.17) is 9.47 Å². The molecule has 2 fully saturated rings. The highest BCUT2D eigenvalue weighted by atomic mass is 16.6. The monoisotopic (exact) mass is 534 g/mol. The van der Waals surface area contributed by atoms with Gasteiger partial charge in [-0.2, -0.15) is 4.98 Å². The summed E-state index contributed by atoms with van der Waals surface area (Å²) in [7, 11) is 1.53. The summed E-state index contributed by atoms with van der Waals surface area (Å²) in [5.74, 6) is 1.35. The van der Waals surface area contributed by atoms with Crippen molar-refractivity contribution in [2.75, 3.05) is 48.4 Å². The maximum absolute atomic E-state index is 13.3. The summed E-state index contributed by atoms with van der Waals surface area (Å²) in [6.07, 6.45) is 7.70. The van der Waals surface area contributed by atoms with Crippen LogP contribution in [0.4, 0.5) is 26.9 Å². The van der Waals surface area contributed by atoms with E-state index < -0.39 is 5.60 Å². The molecule has 0 unspecified atom stereocenters. The average Bonchev–Trinajstić information content (AvgIpc) is 3.31. The summed E-state index contributed by atoms with van der Waals surface area (Å²) in [6, 6.07) is 1.71. The van der Waals surface area contributed by atoms with Crippen LogP contribution in [0, 0.1) is 6.92 Å². The predicted octanol–water partition coefficient (Wildman–Crippen LogP) is 3.63. The zero-order valence-electron chi connectivity index (χ0n) is 23.0. The zero-order valence-corrected chi connectivity index (χ0v) is 23.0. The number of hydrogen-bond donors (Lipinski definition) is 1. The summed E-state index contributed by atoms with van der Waals surface area (Å²) in [5.41, 5.74) is 2.81. The van der Waals surface area contributed by atoms with Crippen molar-refractivity contribution in [2.24, 2.45) is 0 Å². The second-order valence-corrected chi connectivity index (χ2v) is 11.5. The van der Waals surface area contributed by atoms with Gasteiger partial charge in [0.1, 0.15) is 11.4 Å². The van der Waals surface area contributed by atoms with Crippen molar-refractivity contribution in [2.45, 2.75) is 58.1 Å². The lowest BCUT2D eigenvalue weighted by Gasteiger charge is -2.43. The Morgan fingerprint density at radius 1 is 1.10 bits per heavy atom. The van der Waals surface area contributed by atoms with Crippen molar-refractivity contribution < 1.29 is 19.1 Å². The number of pyridine rings is 1. The molecule has 1 N–H and O–H groups in total. The van der Waals surface area contributed by atoms with Crippen LogP contribution in [0.15, 0.2) is 24.7 Å². The van der Waals surface area contributed by atoms with Gasteiger partial charge in [-0.3, -0.25) is 19.5 Å². The molecule has 1 saturated heterocycles. The fraction of sp³-hybridized carbons (Fsp3) is 0.519. The number of hydrogen-bond acceptors (Lipinski definition) is 8. The summed E-state index contributed by atoms with van der Waals surface area (Å²) in [5, 5.41) is 2.90. The quantitative estimate of drug-likeness (QED) is 0.542. The third-order valence-corrected chi connectivity index (χ3v) is 7.48. The molecule has 0 atom stereocenters. The number of aromatic nitrogens is 4. The molecular formula is C27H34N8O4. The van der Waals surface area contributed by atoms with E-state index in [1.807, 2.05) is 44.9 Å². The van der Waals surface area contributed by atoms with Crippen LogP contribution in [-0.2, 0) is 11.2 Å². The highest BCUT2D eigenvalue weighted by Crippen LogP contribution is 2.47. The van der Waals surface area contributed by atoms with Gasteiger partial charge in [0.25, 0.3) is 5.88 Å². The molecule has 2 aliphatic heterocycles. The van der Waals surface area contributed by atoms with E-state index in [1.165, 1.54) is 7.11 Å². The van der Waals surface area contributed by atoms with Gasteiger partial charge in [-0.15, -0.1) is 0 Å². The molecule has 3 amide bonds. The first kappa shape index (κ1) is 25.2. The minimum Gasteiger partial charge on any atom is -0.478 e. The molecule has 0 radical (unpaired) electrons. The minimum atomic E-state index is -0.523. The minimum absolute atomic E-state index is 0.193. The van der Waals surface area contributed by atoms with Crippen LogP contribution in [0.5, 0.6) is 5.88 Å². The number of aryl methyl sites for hydroxylation is 1. The van der Waals surface area contributed by atoms with Gasteiger partial charge in [0, 0.05) is 49.8 Å². The molecule has 1 aliphatic carbocycles. The molecule has 1 spiro atoms. The average molecular weight is 535 g/mol. The molecule has 3 aromatic heterocycles. The smallest absolute Gasteiger partial charge is 0.410 e. The number of urea groups is 1. The first-order chi connectivity index (χ1) is 18.6. The van der Waals surface area contributed by atoms with Crippen LogP contribution in [0.25, 0.3) is 5.65 Å². The Morgan fingerprint density at radius 2 is 1.90 bits per heavy atom. The van der Waals surface area contributed by atoms with Crippen LogP contribution in [0.1, 0.15) is 44.9 Å². The number of carbonyl (C=O) groups excluding carboxylic acids is 2. The highest BCUT2D eigenvalue weighted by Gasteiger charge is 2.54. The van der Waals surface area contributed by atoms with Crippen LogP contribution in [0.3, 0.4) is 0 Å². The number of methoxy groups -OCH3 is 1. The van der Waals surface area contributed by atoms with Gasteiger partial charge in [0.15, 0.2) is 5.82 Å². The number of nitrogens with zero attached hydrogens (tertiary/aromatic N) is 7. The summed E-state index contributed by atoms with van der Waals surface area (Å²) >= 11 is 0. The lowest BCUT2D eigenvalue weighted by Crippen LogP contribution is -2.58. The van der Waals surface area contributed by atoms with Crippen molar-refractivity contribution in [1.29, 1.82) is 0 Å². The number of ether oxygens (including phenoxy) is 2. The fourth-order valence-corrected chi connectivity index (χ4v) is 5.59. The predicted molar refractivity (Wildman–Crippen MR) is 146 cm³/mol. The molecule has 12 heteroatoms. The third kappa shape index (κ3) is 4.57. The standard InChI is InChI=1S/C27H34N8O4/c1-17-14-33-15-20(30-23(38-5)22(33)29-17)31-24(36)34-11-7-18-19(6-10-28-21(18)34)32-12-13-35(27(16-32)8-9-27)25(37)39-26(2,3)4/h6,10,14-15H,7-9,11-13,16H2,1-5H3,(H,31,36). The van der Waals surface area contributed by atoms with Gasteiger partial charge in [-0.05, 0) is 53.0 Å². The molecule has 1 saturated carbocycles. The van der Waals surface area contributed by atoms with Gasteiger partial charge in [-0.25, -0.2) is 19.6 Å². The van der Waals surface area contributed by atoms with Crippen LogP contribution >= 0.6 is 0 Å². The Balaban J connectivity index is 1.20. The Bertz CT molecular complexity index is 1460. The number of rotatable bonds is 3. The maximum Gasteiger partial charge on any atom is 0.410 e. The normalized spacial score (nSPS) is 17.9. The fourth-order valence-electron chi connectivity index (χ4n) is 5.59. The van der Waals surface area contributed by atoms with Gasteiger partial charge >= 0.3 is 12.1 Å². The lowest BCUT2D eigenvalue weighted by molar-refractivity contribution is 0.0106. The largest absolute Gasteiger partial charge is 0.478 e. The van der Waals surface area contributed by atoms with E-state index in [-0.39, 0.29) is 17.7 Å². The Morgan fingerprint density at radius 3 is 2.62 bits per heavy atom.